The van der Waals surface area contributed by atoms with Gasteiger partial charge < -0.3 is 10.5 Å². The van der Waals surface area contributed by atoms with Crippen molar-refractivity contribution >= 4 is 29.2 Å². The summed E-state index contributed by atoms with van der Waals surface area (Å²) in [6.45, 7) is -0.887. The maximum Gasteiger partial charge on any atom is 0.272 e. The molecule has 0 amide bonds. The van der Waals surface area contributed by atoms with Crippen molar-refractivity contribution in [2.75, 3.05) is 6.61 Å². The molecule has 5 nitrogen and oxygen atoms in total. The minimum Gasteiger partial charge on any atom is -0.485 e. The molecule has 140 valence electrons. The zero-order valence-electron chi connectivity index (χ0n) is 13.3. The van der Waals surface area contributed by atoms with Gasteiger partial charge in [-0.2, -0.15) is 0 Å². The molecule has 0 aliphatic heterocycles. The van der Waals surface area contributed by atoms with E-state index in [2.05, 4.69) is 10.4 Å². The SMILES string of the molecule is NNC(N)=NCc1ccc(-c2cc(Cl)cc(Cl)c2OCC(F)F)cc1F. The molecule has 0 saturated carbocycles. The summed E-state index contributed by atoms with van der Waals surface area (Å²) < 4.78 is 44.4. The fourth-order valence-corrected chi connectivity index (χ4v) is 2.67. The first-order chi connectivity index (χ1) is 12.3. The first kappa shape index (κ1) is 20.2. The summed E-state index contributed by atoms with van der Waals surface area (Å²) >= 11 is 12.0. The molecule has 2 rings (SSSR count). The van der Waals surface area contributed by atoms with Crippen LogP contribution < -0.4 is 21.7 Å². The van der Waals surface area contributed by atoms with Gasteiger partial charge in [0.25, 0.3) is 6.43 Å². The van der Waals surface area contributed by atoms with Gasteiger partial charge in [0.05, 0.1) is 11.6 Å². The molecule has 2 aromatic rings. The highest BCUT2D eigenvalue weighted by Gasteiger charge is 2.16. The summed E-state index contributed by atoms with van der Waals surface area (Å²) in [6.07, 6.45) is -2.69. The number of halogens is 5. The largest absolute Gasteiger partial charge is 0.485 e. The molecule has 0 aromatic heterocycles. The Morgan fingerprint density at radius 2 is 1.96 bits per heavy atom. The van der Waals surface area contributed by atoms with E-state index in [1.165, 1.54) is 24.3 Å². The fraction of sp³-hybridized carbons (Fsp3) is 0.188. The first-order valence-corrected chi connectivity index (χ1v) is 8.02. The number of aliphatic imine (C=N–C) groups is 1. The van der Waals surface area contributed by atoms with E-state index in [1.54, 1.807) is 6.07 Å². The maximum atomic E-state index is 14.3. The quantitative estimate of drug-likeness (QED) is 0.295. The van der Waals surface area contributed by atoms with Crippen LogP contribution in [0.3, 0.4) is 0 Å². The van der Waals surface area contributed by atoms with Crippen molar-refractivity contribution in [3.63, 3.8) is 0 Å². The Balaban J connectivity index is 2.40. The second-order valence-electron chi connectivity index (χ2n) is 5.12. The van der Waals surface area contributed by atoms with E-state index in [-0.39, 0.29) is 33.9 Å². The molecule has 0 spiro atoms. The van der Waals surface area contributed by atoms with Gasteiger partial charge in [0, 0.05) is 16.1 Å². The molecule has 0 fully saturated rings. The van der Waals surface area contributed by atoms with Crippen LogP contribution >= 0.6 is 23.2 Å². The third-order valence-electron chi connectivity index (χ3n) is 3.29. The highest BCUT2D eigenvalue weighted by molar-refractivity contribution is 6.36. The average molecular weight is 407 g/mol. The maximum absolute atomic E-state index is 14.3. The highest BCUT2D eigenvalue weighted by Crippen LogP contribution is 2.39. The van der Waals surface area contributed by atoms with Gasteiger partial charge >= 0.3 is 0 Å². The molecule has 0 aliphatic carbocycles. The van der Waals surface area contributed by atoms with E-state index in [9.17, 15) is 13.2 Å². The number of nitrogens with two attached hydrogens (primary N) is 2. The lowest BCUT2D eigenvalue weighted by Crippen LogP contribution is -2.37. The van der Waals surface area contributed by atoms with E-state index < -0.39 is 18.8 Å². The number of hydrogen-bond acceptors (Lipinski definition) is 3. The number of ether oxygens (including phenoxy) is 1. The third-order valence-corrected chi connectivity index (χ3v) is 3.79. The van der Waals surface area contributed by atoms with E-state index in [1.807, 2.05) is 0 Å². The molecule has 10 heteroatoms. The van der Waals surface area contributed by atoms with Crippen LogP contribution in [0, 0.1) is 5.82 Å². The number of nitrogens with zero attached hydrogens (tertiary/aromatic N) is 1. The highest BCUT2D eigenvalue weighted by atomic mass is 35.5. The second-order valence-corrected chi connectivity index (χ2v) is 5.96. The fourth-order valence-electron chi connectivity index (χ4n) is 2.13. The summed E-state index contributed by atoms with van der Waals surface area (Å²) in [5, 5.41) is 0.300. The molecule has 0 unspecified atom stereocenters. The average Bonchev–Trinajstić information content (AvgIpc) is 2.58. The topological polar surface area (TPSA) is 85.7 Å². The number of benzene rings is 2. The van der Waals surface area contributed by atoms with E-state index >= 15 is 0 Å². The number of rotatable bonds is 6. The van der Waals surface area contributed by atoms with Gasteiger partial charge in [-0.15, -0.1) is 0 Å². The molecule has 0 aliphatic rings. The van der Waals surface area contributed by atoms with Crippen molar-refractivity contribution in [1.82, 2.24) is 5.43 Å². The van der Waals surface area contributed by atoms with Gasteiger partial charge in [0.2, 0.25) is 5.96 Å². The van der Waals surface area contributed by atoms with Crippen LogP contribution in [0.2, 0.25) is 10.0 Å². The van der Waals surface area contributed by atoms with Crippen molar-refractivity contribution in [2.45, 2.75) is 13.0 Å². The van der Waals surface area contributed by atoms with Gasteiger partial charge in [0.15, 0.2) is 0 Å². The predicted molar refractivity (Wildman–Crippen MR) is 96.0 cm³/mol. The molecule has 5 N–H and O–H groups in total. The van der Waals surface area contributed by atoms with E-state index in [0.29, 0.717) is 11.1 Å². The summed E-state index contributed by atoms with van der Waals surface area (Å²) in [4.78, 5) is 3.84. The van der Waals surface area contributed by atoms with Crippen LogP contribution in [0.15, 0.2) is 35.3 Å². The third kappa shape index (κ3) is 5.17. The van der Waals surface area contributed by atoms with Crippen molar-refractivity contribution in [2.24, 2.45) is 16.6 Å². The molecular formula is C16H15Cl2F3N4O. The van der Waals surface area contributed by atoms with Crippen LogP contribution in [0.5, 0.6) is 5.75 Å². The van der Waals surface area contributed by atoms with Crippen LogP contribution in [-0.4, -0.2) is 19.0 Å². The Bertz CT molecular complexity index is 818. The minimum atomic E-state index is -2.69. The Labute approximate surface area is 157 Å². The van der Waals surface area contributed by atoms with Crippen LogP contribution in [0.25, 0.3) is 11.1 Å². The Morgan fingerprint density at radius 3 is 2.58 bits per heavy atom. The monoisotopic (exact) mass is 406 g/mol. The number of hydrazine groups is 1. The molecule has 0 atom stereocenters. The van der Waals surface area contributed by atoms with Crippen molar-refractivity contribution < 1.29 is 17.9 Å². The van der Waals surface area contributed by atoms with Crippen LogP contribution in [0.1, 0.15) is 5.56 Å². The van der Waals surface area contributed by atoms with Gasteiger partial charge in [-0.1, -0.05) is 35.3 Å². The number of nitrogens with one attached hydrogen (secondary N) is 1. The van der Waals surface area contributed by atoms with E-state index in [4.69, 9.17) is 39.5 Å². The van der Waals surface area contributed by atoms with Crippen LogP contribution in [-0.2, 0) is 6.54 Å². The summed E-state index contributed by atoms with van der Waals surface area (Å²) in [5.41, 5.74) is 8.43. The number of guanidine groups is 1. The lowest BCUT2D eigenvalue weighted by molar-refractivity contribution is 0.0822. The molecular weight excluding hydrogens is 392 g/mol. The van der Waals surface area contributed by atoms with Crippen LogP contribution in [0.4, 0.5) is 13.2 Å². The lowest BCUT2D eigenvalue weighted by atomic mass is 10.0. The van der Waals surface area contributed by atoms with Gasteiger partial charge in [-0.3, -0.25) is 5.43 Å². The van der Waals surface area contributed by atoms with Crippen molar-refractivity contribution in [3.8, 4) is 16.9 Å². The molecule has 0 radical (unpaired) electrons. The number of hydrogen-bond donors (Lipinski definition) is 3. The Morgan fingerprint density at radius 1 is 1.23 bits per heavy atom. The molecule has 0 saturated heterocycles. The minimum absolute atomic E-state index is 0.00175. The summed E-state index contributed by atoms with van der Waals surface area (Å²) in [5.74, 6) is 4.45. The smallest absolute Gasteiger partial charge is 0.272 e. The van der Waals surface area contributed by atoms with Crippen molar-refractivity contribution in [1.29, 1.82) is 0 Å². The normalized spacial score (nSPS) is 11.7. The zero-order valence-corrected chi connectivity index (χ0v) is 14.8. The lowest BCUT2D eigenvalue weighted by Gasteiger charge is -2.14. The molecule has 0 heterocycles. The molecule has 26 heavy (non-hydrogen) atoms. The summed E-state index contributed by atoms with van der Waals surface area (Å²) in [7, 11) is 0. The van der Waals surface area contributed by atoms with Gasteiger partial charge in [-0.05, 0) is 23.8 Å². The Hall–Kier alpha value is -2.16. The molecule has 2 aromatic carbocycles. The Kier molecular flexibility index (Phi) is 6.96. The van der Waals surface area contributed by atoms with Crippen molar-refractivity contribution in [3.05, 3.63) is 51.8 Å². The zero-order chi connectivity index (χ0) is 19.3. The number of alkyl halides is 2. The van der Waals surface area contributed by atoms with Gasteiger partial charge in [0.1, 0.15) is 18.2 Å². The standard InChI is InChI=1S/C16H15Cl2F3N4O/c17-10-4-11(15(12(18)5-10)26-7-14(20)21)8-1-2-9(13(19)3-8)6-24-16(22)25-23/h1-5,14H,6-7,23H2,(H3,22,24,25). The predicted octanol–water partition coefficient (Wildman–Crippen LogP) is 3.72. The first-order valence-electron chi connectivity index (χ1n) is 7.27. The second kappa shape index (κ2) is 8.98. The summed E-state index contributed by atoms with van der Waals surface area (Å²) in [6, 6.07) is 7.06. The van der Waals surface area contributed by atoms with Gasteiger partial charge in [-0.25, -0.2) is 24.0 Å². The molecule has 0 bridgehead atoms. The van der Waals surface area contributed by atoms with E-state index in [0.717, 1.165) is 0 Å².